The van der Waals surface area contributed by atoms with Crippen LogP contribution in [0.1, 0.15) is 12.8 Å². The molecule has 5 rings (SSSR count). The lowest BCUT2D eigenvalue weighted by Gasteiger charge is -2.36. The van der Waals surface area contributed by atoms with Gasteiger partial charge in [-0.25, -0.2) is 9.37 Å². The minimum atomic E-state index is -0.252. The Hall–Kier alpha value is -2.89. The van der Waals surface area contributed by atoms with Gasteiger partial charge >= 0.3 is 0 Å². The Morgan fingerprint density at radius 2 is 1.89 bits per heavy atom. The molecular weight excluding hydrogens is 343 g/mol. The number of piperazine rings is 1. The second-order valence-electron chi connectivity index (χ2n) is 7.34. The maximum Gasteiger partial charge on any atom is 0.225 e. The first-order chi connectivity index (χ1) is 13.2. The van der Waals surface area contributed by atoms with E-state index >= 15 is 0 Å². The van der Waals surface area contributed by atoms with Crippen molar-refractivity contribution in [3.63, 3.8) is 0 Å². The van der Waals surface area contributed by atoms with E-state index in [1.807, 2.05) is 23.1 Å². The van der Waals surface area contributed by atoms with E-state index in [1.54, 1.807) is 18.3 Å². The van der Waals surface area contributed by atoms with E-state index < -0.39 is 0 Å². The Morgan fingerprint density at radius 1 is 1.11 bits per heavy atom. The molecular formula is C21H21FN4O. The van der Waals surface area contributed by atoms with Gasteiger partial charge in [0.2, 0.25) is 5.91 Å². The van der Waals surface area contributed by atoms with Gasteiger partial charge in [0.1, 0.15) is 11.5 Å². The summed E-state index contributed by atoms with van der Waals surface area (Å²) in [6.07, 6.45) is 3.87. The first-order valence-corrected chi connectivity index (χ1v) is 9.47. The molecule has 0 radical (unpaired) electrons. The molecule has 1 N–H and O–H groups in total. The molecule has 0 spiro atoms. The molecule has 27 heavy (non-hydrogen) atoms. The third kappa shape index (κ3) is 2.95. The van der Waals surface area contributed by atoms with Crippen molar-refractivity contribution in [2.75, 3.05) is 31.1 Å². The molecule has 1 saturated carbocycles. The second-order valence-corrected chi connectivity index (χ2v) is 7.34. The average Bonchev–Trinajstić information content (AvgIpc) is 3.46. The van der Waals surface area contributed by atoms with E-state index in [-0.39, 0.29) is 11.7 Å². The average molecular weight is 364 g/mol. The summed E-state index contributed by atoms with van der Waals surface area (Å²) in [7, 11) is 0. The summed E-state index contributed by atoms with van der Waals surface area (Å²) in [4.78, 5) is 24.2. The third-order valence-corrected chi connectivity index (χ3v) is 5.53. The van der Waals surface area contributed by atoms with Gasteiger partial charge in [0.05, 0.1) is 5.69 Å². The Kier molecular flexibility index (Phi) is 3.85. The van der Waals surface area contributed by atoms with Crippen LogP contribution in [0.4, 0.5) is 10.1 Å². The Bertz CT molecular complexity index is 1000. The fourth-order valence-electron chi connectivity index (χ4n) is 3.87. The summed E-state index contributed by atoms with van der Waals surface area (Å²) >= 11 is 0. The normalized spacial score (nSPS) is 17.5. The number of amides is 1. The van der Waals surface area contributed by atoms with Crippen LogP contribution in [0.2, 0.25) is 0 Å². The van der Waals surface area contributed by atoms with Crippen molar-refractivity contribution < 1.29 is 9.18 Å². The fourth-order valence-corrected chi connectivity index (χ4v) is 3.87. The Balaban J connectivity index is 1.42. The van der Waals surface area contributed by atoms with Crippen LogP contribution in [0.3, 0.4) is 0 Å². The van der Waals surface area contributed by atoms with E-state index in [4.69, 9.17) is 0 Å². The monoisotopic (exact) mass is 364 g/mol. The van der Waals surface area contributed by atoms with Gasteiger partial charge in [0.15, 0.2) is 0 Å². The number of anilines is 1. The molecule has 138 valence electrons. The van der Waals surface area contributed by atoms with Crippen LogP contribution in [-0.4, -0.2) is 47.0 Å². The number of nitrogens with zero attached hydrogens (tertiary/aromatic N) is 3. The number of carbonyl (C=O) groups is 1. The molecule has 2 aliphatic rings. The zero-order chi connectivity index (χ0) is 18.4. The minimum absolute atomic E-state index is 0.252. The number of hydrogen-bond acceptors (Lipinski definition) is 3. The highest BCUT2D eigenvalue weighted by molar-refractivity contribution is 5.94. The molecule has 0 bridgehead atoms. The largest absolute Gasteiger partial charge is 0.367 e. The molecule has 1 amide bonds. The van der Waals surface area contributed by atoms with Crippen LogP contribution in [0.5, 0.6) is 0 Å². The fraction of sp³-hybridized carbons (Fsp3) is 0.333. The number of nitrogens with one attached hydrogen (secondary N) is 1. The predicted molar refractivity (Wildman–Crippen MR) is 103 cm³/mol. The molecule has 1 saturated heterocycles. The van der Waals surface area contributed by atoms with E-state index in [1.165, 1.54) is 6.07 Å². The van der Waals surface area contributed by atoms with E-state index in [2.05, 4.69) is 14.9 Å². The van der Waals surface area contributed by atoms with Crippen molar-refractivity contribution in [3.05, 3.63) is 48.4 Å². The van der Waals surface area contributed by atoms with Crippen LogP contribution >= 0.6 is 0 Å². The van der Waals surface area contributed by atoms with Crippen molar-refractivity contribution in [2.45, 2.75) is 12.8 Å². The number of rotatable bonds is 3. The lowest BCUT2D eigenvalue weighted by molar-refractivity contribution is -0.132. The molecule has 3 aromatic rings. The second kappa shape index (κ2) is 6.37. The molecule has 5 nitrogen and oxygen atoms in total. The minimum Gasteiger partial charge on any atom is -0.367 e. The summed E-state index contributed by atoms with van der Waals surface area (Å²) in [5, 5.41) is 0.984. The number of aromatic nitrogens is 2. The summed E-state index contributed by atoms with van der Waals surface area (Å²) in [6, 6.07) is 10.7. The summed E-state index contributed by atoms with van der Waals surface area (Å²) < 4.78 is 14.2. The van der Waals surface area contributed by atoms with E-state index in [0.717, 1.165) is 61.4 Å². The highest BCUT2D eigenvalue weighted by atomic mass is 19.1. The SMILES string of the molecule is O=C(C1CC1)N1CCN(c2ccnc3[nH]c(-c4ccccc4F)cc23)CC1. The standard InChI is InChI=1S/C21H21FN4O/c22-17-4-2-1-3-15(17)18-13-16-19(7-8-23-20(16)24-18)25-9-11-26(12-10-25)21(27)14-5-6-14/h1-4,7-8,13-14H,5-6,9-12H2,(H,23,24). The lowest BCUT2D eigenvalue weighted by Crippen LogP contribution is -2.49. The van der Waals surface area contributed by atoms with Gasteiger partial charge < -0.3 is 14.8 Å². The highest BCUT2D eigenvalue weighted by Crippen LogP contribution is 2.33. The predicted octanol–water partition coefficient (Wildman–Crippen LogP) is 3.43. The number of carbonyl (C=O) groups excluding carboxylic acids is 1. The highest BCUT2D eigenvalue weighted by Gasteiger charge is 2.34. The Labute approximate surface area is 156 Å². The molecule has 1 aromatic carbocycles. The number of fused-ring (bicyclic) bond motifs is 1. The summed E-state index contributed by atoms with van der Waals surface area (Å²) in [5.41, 5.74) is 3.10. The zero-order valence-corrected chi connectivity index (χ0v) is 15.0. The summed E-state index contributed by atoms with van der Waals surface area (Å²) in [6.45, 7) is 3.11. The molecule has 2 fully saturated rings. The van der Waals surface area contributed by atoms with Gasteiger partial charge in [-0.1, -0.05) is 12.1 Å². The number of benzene rings is 1. The van der Waals surface area contributed by atoms with Gasteiger partial charge in [-0.15, -0.1) is 0 Å². The van der Waals surface area contributed by atoms with Crippen LogP contribution in [0.25, 0.3) is 22.3 Å². The maximum atomic E-state index is 14.2. The number of hydrogen-bond donors (Lipinski definition) is 1. The number of aromatic amines is 1. The zero-order valence-electron chi connectivity index (χ0n) is 15.0. The van der Waals surface area contributed by atoms with E-state index in [0.29, 0.717) is 11.5 Å². The topological polar surface area (TPSA) is 52.2 Å². The van der Waals surface area contributed by atoms with Gasteiger partial charge in [-0.2, -0.15) is 0 Å². The first kappa shape index (κ1) is 16.3. The van der Waals surface area contributed by atoms with Crippen molar-refractivity contribution in [1.82, 2.24) is 14.9 Å². The molecule has 1 aliphatic heterocycles. The van der Waals surface area contributed by atoms with Gasteiger partial charge in [0, 0.05) is 54.9 Å². The van der Waals surface area contributed by atoms with Crippen LogP contribution in [0.15, 0.2) is 42.6 Å². The van der Waals surface area contributed by atoms with Crippen molar-refractivity contribution >= 4 is 22.6 Å². The maximum absolute atomic E-state index is 14.2. The van der Waals surface area contributed by atoms with Gasteiger partial charge in [-0.3, -0.25) is 4.79 Å². The quantitative estimate of drug-likeness (QED) is 0.775. The molecule has 1 aliphatic carbocycles. The first-order valence-electron chi connectivity index (χ1n) is 9.47. The molecule has 0 atom stereocenters. The number of pyridine rings is 1. The number of halogens is 1. The van der Waals surface area contributed by atoms with Crippen molar-refractivity contribution in [1.29, 1.82) is 0 Å². The lowest BCUT2D eigenvalue weighted by atomic mass is 10.1. The number of H-pyrrole nitrogens is 1. The molecule has 6 heteroatoms. The van der Waals surface area contributed by atoms with E-state index in [9.17, 15) is 9.18 Å². The smallest absolute Gasteiger partial charge is 0.225 e. The molecule has 3 heterocycles. The Morgan fingerprint density at radius 3 is 2.63 bits per heavy atom. The van der Waals surface area contributed by atoms with Crippen LogP contribution < -0.4 is 4.90 Å². The summed E-state index contributed by atoms with van der Waals surface area (Å²) in [5.74, 6) is 0.341. The third-order valence-electron chi connectivity index (χ3n) is 5.53. The molecule has 0 unspecified atom stereocenters. The van der Waals surface area contributed by atoms with Crippen LogP contribution in [0, 0.1) is 11.7 Å². The van der Waals surface area contributed by atoms with Crippen molar-refractivity contribution in [2.24, 2.45) is 5.92 Å². The van der Waals surface area contributed by atoms with Gasteiger partial charge in [-0.05, 0) is 37.1 Å². The van der Waals surface area contributed by atoms with Gasteiger partial charge in [0.25, 0.3) is 0 Å². The molecule has 2 aromatic heterocycles. The van der Waals surface area contributed by atoms with Crippen LogP contribution in [-0.2, 0) is 4.79 Å². The van der Waals surface area contributed by atoms with Crippen molar-refractivity contribution in [3.8, 4) is 11.3 Å².